The number of rotatable bonds is 10. The largest absolute Gasteiger partial charge is 0.462 e. The van der Waals surface area contributed by atoms with Crippen LogP contribution in [0.25, 0.3) is 0 Å². The standard InChI is InChI=1S/C12H23O4Si/c1-5-6-7-8-16-17(14-4)10-9-15-12(13)11(2)3/h2,5-10H2,1,3-4H3. The van der Waals surface area contributed by atoms with Gasteiger partial charge in [0.15, 0.2) is 0 Å². The van der Waals surface area contributed by atoms with E-state index in [0.29, 0.717) is 18.2 Å². The van der Waals surface area contributed by atoms with E-state index >= 15 is 0 Å². The van der Waals surface area contributed by atoms with Crippen LogP contribution in [0.2, 0.25) is 6.04 Å². The topological polar surface area (TPSA) is 44.8 Å². The fraction of sp³-hybridized carbons (Fsp3) is 0.750. The molecule has 0 fully saturated rings. The van der Waals surface area contributed by atoms with Crippen LogP contribution in [0, 0.1) is 0 Å². The Morgan fingerprint density at radius 3 is 2.53 bits per heavy atom. The highest BCUT2D eigenvalue weighted by molar-refractivity contribution is 6.44. The van der Waals surface area contributed by atoms with Gasteiger partial charge < -0.3 is 13.6 Å². The first kappa shape index (κ1) is 16.3. The number of hydrogen-bond donors (Lipinski definition) is 0. The lowest BCUT2D eigenvalue weighted by Gasteiger charge is -2.12. The maximum Gasteiger partial charge on any atom is 0.387 e. The minimum absolute atomic E-state index is 0.335. The minimum Gasteiger partial charge on any atom is -0.462 e. The van der Waals surface area contributed by atoms with Crippen molar-refractivity contribution in [1.29, 1.82) is 0 Å². The lowest BCUT2D eigenvalue weighted by atomic mass is 10.3. The molecule has 99 valence electrons. The molecule has 0 rings (SSSR count). The van der Waals surface area contributed by atoms with E-state index in [0.717, 1.165) is 13.0 Å². The second-order valence-electron chi connectivity index (χ2n) is 3.80. The zero-order valence-corrected chi connectivity index (χ0v) is 12.1. The van der Waals surface area contributed by atoms with Crippen molar-refractivity contribution < 1.29 is 18.4 Å². The third-order valence-electron chi connectivity index (χ3n) is 2.13. The van der Waals surface area contributed by atoms with Crippen molar-refractivity contribution in [2.75, 3.05) is 20.3 Å². The monoisotopic (exact) mass is 259 g/mol. The van der Waals surface area contributed by atoms with Crippen LogP contribution < -0.4 is 0 Å². The van der Waals surface area contributed by atoms with E-state index in [1.54, 1.807) is 14.0 Å². The maximum absolute atomic E-state index is 11.1. The van der Waals surface area contributed by atoms with Gasteiger partial charge in [0.1, 0.15) is 0 Å². The molecule has 0 unspecified atom stereocenters. The second kappa shape index (κ2) is 10.5. The van der Waals surface area contributed by atoms with E-state index in [-0.39, 0.29) is 5.97 Å². The molecule has 0 saturated heterocycles. The van der Waals surface area contributed by atoms with Crippen LogP contribution in [0.5, 0.6) is 0 Å². The Bertz CT molecular complexity index is 231. The van der Waals surface area contributed by atoms with E-state index in [1.807, 2.05) is 0 Å². The average Bonchev–Trinajstić information content (AvgIpc) is 2.31. The summed E-state index contributed by atoms with van der Waals surface area (Å²) in [7, 11) is 0.341. The Morgan fingerprint density at radius 2 is 2.00 bits per heavy atom. The van der Waals surface area contributed by atoms with Crippen LogP contribution >= 0.6 is 0 Å². The van der Waals surface area contributed by atoms with E-state index < -0.39 is 9.28 Å². The summed E-state index contributed by atoms with van der Waals surface area (Å²) in [6.45, 7) is 8.36. The number of esters is 1. The van der Waals surface area contributed by atoms with Crippen LogP contribution in [0.3, 0.4) is 0 Å². The zero-order chi connectivity index (χ0) is 13.1. The van der Waals surface area contributed by atoms with Gasteiger partial charge in [0, 0.05) is 25.3 Å². The van der Waals surface area contributed by atoms with Gasteiger partial charge in [-0.05, 0) is 13.3 Å². The highest BCUT2D eigenvalue weighted by Crippen LogP contribution is 2.02. The molecule has 0 N–H and O–H groups in total. The first-order valence-electron chi connectivity index (χ1n) is 5.97. The fourth-order valence-electron chi connectivity index (χ4n) is 1.12. The van der Waals surface area contributed by atoms with E-state index in [2.05, 4.69) is 13.5 Å². The van der Waals surface area contributed by atoms with Crippen molar-refractivity contribution in [3.05, 3.63) is 12.2 Å². The molecule has 0 aromatic carbocycles. The lowest BCUT2D eigenvalue weighted by Crippen LogP contribution is -2.24. The fourth-order valence-corrected chi connectivity index (χ4v) is 2.23. The smallest absolute Gasteiger partial charge is 0.387 e. The summed E-state index contributed by atoms with van der Waals surface area (Å²) < 4.78 is 15.8. The van der Waals surface area contributed by atoms with Gasteiger partial charge in [0.2, 0.25) is 0 Å². The summed E-state index contributed by atoms with van der Waals surface area (Å²) in [5.74, 6) is -0.353. The van der Waals surface area contributed by atoms with Crippen molar-refractivity contribution in [1.82, 2.24) is 0 Å². The summed E-state index contributed by atoms with van der Waals surface area (Å²) in [5, 5.41) is 0. The molecule has 0 aromatic heterocycles. The molecule has 0 saturated carbocycles. The summed E-state index contributed by atoms with van der Waals surface area (Å²) in [4.78, 5) is 11.1. The third-order valence-corrected chi connectivity index (χ3v) is 3.72. The number of unbranched alkanes of at least 4 members (excludes halogenated alkanes) is 2. The van der Waals surface area contributed by atoms with Crippen LogP contribution in [0.1, 0.15) is 33.1 Å². The van der Waals surface area contributed by atoms with E-state index in [9.17, 15) is 4.79 Å². The summed E-state index contributed by atoms with van der Waals surface area (Å²) >= 11 is 0. The molecular weight excluding hydrogens is 236 g/mol. The zero-order valence-electron chi connectivity index (χ0n) is 11.1. The SMILES string of the molecule is C=C(C)C(=O)OCC[Si](OC)OCCCCC. The van der Waals surface area contributed by atoms with Gasteiger partial charge in [-0.25, -0.2) is 4.79 Å². The van der Waals surface area contributed by atoms with Gasteiger partial charge >= 0.3 is 15.3 Å². The third kappa shape index (κ3) is 9.09. The predicted molar refractivity (Wildman–Crippen MR) is 68.8 cm³/mol. The number of hydrogen-bond acceptors (Lipinski definition) is 4. The summed E-state index contributed by atoms with van der Waals surface area (Å²) in [6, 6.07) is 0.645. The van der Waals surface area contributed by atoms with Crippen LogP contribution in [-0.4, -0.2) is 35.6 Å². The Kier molecular flexibility index (Phi) is 10.1. The Balaban J connectivity index is 3.60. The first-order valence-corrected chi connectivity index (χ1v) is 7.49. The van der Waals surface area contributed by atoms with E-state index in [4.69, 9.17) is 13.6 Å². The molecule has 0 bridgehead atoms. The molecule has 4 nitrogen and oxygen atoms in total. The number of carbonyl (C=O) groups excluding carboxylic acids is 1. The van der Waals surface area contributed by atoms with Crippen molar-refractivity contribution in [3.8, 4) is 0 Å². The van der Waals surface area contributed by atoms with Crippen LogP contribution in [0.4, 0.5) is 0 Å². The molecule has 0 atom stereocenters. The van der Waals surface area contributed by atoms with Gasteiger partial charge in [-0.15, -0.1) is 0 Å². The Labute approximate surface area is 106 Å². The van der Waals surface area contributed by atoms with Gasteiger partial charge in [-0.1, -0.05) is 26.3 Å². The quantitative estimate of drug-likeness (QED) is 0.262. The molecule has 0 heterocycles. The van der Waals surface area contributed by atoms with Gasteiger partial charge in [-0.3, -0.25) is 0 Å². The molecule has 17 heavy (non-hydrogen) atoms. The summed E-state index contributed by atoms with van der Waals surface area (Å²) in [6.07, 6.45) is 3.40. The first-order chi connectivity index (χ1) is 8.11. The number of carbonyl (C=O) groups is 1. The molecule has 0 amide bonds. The highest BCUT2D eigenvalue weighted by atomic mass is 28.3. The second-order valence-corrected chi connectivity index (χ2v) is 5.74. The Hall–Kier alpha value is -0.653. The van der Waals surface area contributed by atoms with Crippen molar-refractivity contribution >= 4 is 15.3 Å². The number of ether oxygens (including phenoxy) is 1. The predicted octanol–water partition coefficient (Wildman–Crippen LogP) is 2.45. The molecular formula is C12H23O4Si. The maximum atomic E-state index is 11.1. The average molecular weight is 259 g/mol. The highest BCUT2D eigenvalue weighted by Gasteiger charge is 2.15. The molecule has 0 aliphatic heterocycles. The molecule has 5 heteroatoms. The van der Waals surface area contributed by atoms with Gasteiger partial charge in [0.25, 0.3) is 0 Å². The molecule has 0 aliphatic rings. The van der Waals surface area contributed by atoms with Crippen molar-refractivity contribution in [3.63, 3.8) is 0 Å². The van der Waals surface area contributed by atoms with Gasteiger partial charge in [-0.2, -0.15) is 0 Å². The Morgan fingerprint density at radius 1 is 1.29 bits per heavy atom. The van der Waals surface area contributed by atoms with Crippen molar-refractivity contribution in [2.24, 2.45) is 0 Å². The van der Waals surface area contributed by atoms with E-state index in [1.165, 1.54) is 12.8 Å². The van der Waals surface area contributed by atoms with Gasteiger partial charge in [0.05, 0.1) is 6.61 Å². The molecule has 0 aliphatic carbocycles. The molecule has 0 aromatic rings. The van der Waals surface area contributed by atoms with Crippen molar-refractivity contribution in [2.45, 2.75) is 39.2 Å². The van der Waals surface area contributed by atoms with Crippen LogP contribution in [-0.2, 0) is 18.4 Å². The molecule has 0 spiro atoms. The van der Waals surface area contributed by atoms with Crippen LogP contribution in [0.15, 0.2) is 12.2 Å². The normalized spacial score (nSPS) is 10.6. The minimum atomic E-state index is -1.29. The molecule has 1 radical (unpaired) electrons. The summed E-state index contributed by atoms with van der Waals surface area (Å²) in [5.41, 5.74) is 0.417. The lowest BCUT2D eigenvalue weighted by molar-refractivity contribution is -0.138.